The summed E-state index contributed by atoms with van der Waals surface area (Å²) in [6.45, 7) is 5.89. The molecule has 0 spiro atoms. The van der Waals surface area contributed by atoms with Crippen LogP contribution in [0, 0.1) is 6.92 Å². The van der Waals surface area contributed by atoms with Gasteiger partial charge in [-0.2, -0.15) is 0 Å². The van der Waals surface area contributed by atoms with E-state index in [-0.39, 0.29) is 0 Å². The number of nitrogens with one attached hydrogen (secondary N) is 1. The number of aromatic amines is 1. The van der Waals surface area contributed by atoms with Crippen molar-refractivity contribution in [2.45, 2.75) is 26.3 Å². The van der Waals surface area contributed by atoms with E-state index in [1.807, 2.05) is 6.07 Å². The molecule has 0 amide bonds. The molecule has 0 aliphatic carbocycles. The molecule has 0 bridgehead atoms. The highest BCUT2D eigenvalue weighted by molar-refractivity contribution is 5.86. The Hall–Kier alpha value is -2.30. The largest absolute Gasteiger partial charge is 0.497 e. The topological polar surface area (TPSA) is 54.3 Å². The highest BCUT2D eigenvalue weighted by atomic mass is 16.5. The Morgan fingerprint density at radius 3 is 2.62 bits per heavy atom. The molecule has 0 saturated heterocycles. The van der Waals surface area contributed by atoms with E-state index >= 15 is 0 Å². The summed E-state index contributed by atoms with van der Waals surface area (Å²) >= 11 is 0. The summed E-state index contributed by atoms with van der Waals surface area (Å²) in [6.07, 6.45) is 2.03. The first kappa shape index (κ1) is 18.5. The zero-order valence-electron chi connectivity index (χ0n) is 15.8. The Bertz CT molecular complexity index is 826. The first-order valence-corrected chi connectivity index (χ1v) is 9.33. The van der Waals surface area contributed by atoms with E-state index < -0.39 is 0 Å². The summed E-state index contributed by atoms with van der Waals surface area (Å²) in [5.74, 6) is 0.905. The molecule has 2 aromatic carbocycles. The van der Waals surface area contributed by atoms with Crippen LogP contribution in [0.15, 0.2) is 48.5 Å². The fourth-order valence-corrected chi connectivity index (χ4v) is 3.51. The van der Waals surface area contributed by atoms with Crippen molar-refractivity contribution in [3.63, 3.8) is 0 Å². The van der Waals surface area contributed by atoms with Crippen LogP contribution >= 0.6 is 0 Å². The van der Waals surface area contributed by atoms with Gasteiger partial charge < -0.3 is 15.5 Å². The zero-order valence-corrected chi connectivity index (χ0v) is 15.8. The maximum atomic E-state index is 5.75. The van der Waals surface area contributed by atoms with Crippen LogP contribution in [0.5, 0.6) is 5.75 Å². The number of hydrogen-bond donors (Lipinski definition) is 2. The quantitative estimate of drug-likeness (QED) is 0.615. The highest BCUT2D eigenvalue weighted by Crippen LogP contribution is 2.27. The van der Waals surface area contributed by atoms with E-state index in [1.165, 1.54) is 27.7 Å². The second kappa shape index (κ2) is 8.88. The minimum Gasteiger partial charge on any atom is -0.497 e. The normalized spacial score (nSPS) is 11.4. The standard InChI is InChI=1S/C22H29N3O/c1-17-20(21-15-19(26-2)9-10-22(21)24-17)11-14-25(13-6-12-23)16-18-7-4-3-5-8-18/h3-5,7-10,15,24H,6,11-14,16,23H2,1-2H3. The van der Waals surface area contributed by atoms with Crippen molar-refractivity contribution in [2.24, 2.45) is 5.73 Å². The minimum absolute atomic E-state index is 0.731. The number of hydrogen-bond acceptors (Lipinski definition) is 3. The molecule has 138 valence electrons. The fourth-order valence-electron chi connectivity index (χ4n) is 3.51. The molecule has 0 aliphatic rings. The molecule has 4 heteroatoms. The number of nitrogens with zero attached hydrogens (tertiary/aromatic N) is 1. The van der Waals surface area contributed by atoms with Crippen molar-refractivity contribution in [2.75, 3.05) is 26.7 Å². The number of fused-ring (bicyclic) bond motifs is 1. The van der Waals surface area contributed by atoms with Crippen molar-refractivity contribution in [3.8, 4) is 5.75 Å². The van der Waals surface area contributed by atoms with Crippen LogP contribution in [0.4, 0.5) is 0 Å². The zero-order chi connectivity index (χ0) is 18.4. The van der Waals surface area contributed by atoms with Gasteiger partial charge in [-0.25, -0.2) is 0 Å². The van der Waals surface area contributed by atoms with Crippen LogP contribution in [0.2, 0.25) is 0 Å². The number of benzene rings is 2. The van der Waals surface area contributed by atoms with E-state index in [2.05, 4.69) is 59.3 Å². The number of rotatable bonds is 9. The third-order valence-corrected chi connectivity index (χ3v) is 4.93. The Balaban J connectivity index is 1.75. The van der Waals surface area contributed by atoms with Crippen molar-refractivity contribution in [3.05, 3.63) is 65.4 Å². The second-order valence-electron chi connectivity index (χ2n) is 6.79. The second-order valence-corrected chi connectivity index (χ2v) is 6.79. The lowest BCUT2D eigenvalue weighted by molar-refractivity contribution is 0.267. The summed E-state index contributed by atoms with van der Waals surface area (Å²) in [4.78, 5) is 6.00. The molecule has 0 radical (unpaired) electrons. The number of methoxy groups -OCH3 is 1. The maximum Gasteiger partial charge on any atom is 0.119 e. The van der Waals surface area contributed by atoms with Gasteiger partial charge in [0, 0.05) is 29.7 Å². The van der Waals surface area contributed by atoms with Gasteiger partial charge in [0.05, 0.1) is 7.11 Å². The summed E-state index contributed by atoms with van der Waals surface area (Å²) < 4.78 is 5.41. The number of aromatic nitrogens is 1. The Labute approximate surface area is 156 Å². The van der Waals surface area contributed by atoms with Crippen LogP contribution in [-0.4, -0.2) is 36.6 Å². The summed E-state index contributed by atoms with van der Waals surface area (Å²) in [5, 5.41) is 1.26. The molecule has 3 N–H and O–H groups in total. The lowest BCUT2D eigenvalue weighted by Crippen LogP contribution is -2.28. The predicted octanol–water partition coefficient (Wildman–Crippen LogP) is 3.88. The van der Waals surface area contributed by atoms with E-state index in [0.29, 0.717) is 0 Å². The molecular formula is C22H29N3O. The summed E-state index contributed by atoms with van der Waals surface area (Å²) in [7, 11) is 1.72. The molecule has 0 unspecified atom stereocenters. The van der Waals surface area contributed by atoms with E-state index in [4.69, 9.17) is 10.5 Å². The van der Waals surface area contributed by atoms with Gasteiger partial charge >= 0.3 is 0 Å². The molecule has 3 aromatic rings. The number of ether oxygens (including phenoxy) is 1. The van der Waals surface area contributed by atoms with Crippen molar-refractivity contribution >= 4 is 10.9 Å². The van der Waals surface area contributed by atoms with Crippen molar-refractivity contribution in [1.82, 2.24) is 9.88 Å². The van der Waals surface area contributed by atoms with Crippen LogP contribution in [0.1, 0.15) is 23.2 Å². The predicted molar refractivity (Wildman–Crippen MR) is 109 cm³/mol. The molecule has 1 aromatic heterocycles. The molecule has 0 atom stereocenters. The molecule has 3 rings (SSSR count). The van der Waals surface area contributed by atoms with Gasteiger partial charge in [-0.15, -0.1) is 0 Å². The third kappa shape index (κ3) is 4.45. The van der Waals surface area contributed by atoms with Crippen molar-refractivity contribution < 1.29 is 4.74 Å². The van der Waals surface area contributed by atoms with E-state index in [1.54, 1.807) is 7.11 Å². The maximum absolute atomic E-state index is 5.75. The lowest BCUT2D eigenvalue weighted by Gasteiger charge is -2.22. The van der Waals surface area contributed by atoms with Gasteiger partial charge in [-0.3, -0.25) is 4.90 Å². The Kier molecular flexibility index (Phi) is 6.31. The van der Waals surface area contributed by atoms with Gasteiger partial charge in [0.1, 0.15) is 5.75 Å². The average Bonchev–Trinajstić information content (AvgIpc) is 2.99. The molecule has 0 aliphatic heterocycles. The SMILES string of the molecule is COc1ccc2[nH]c(C)c(CCN(CCCN)Cc3ccccc3)c2c1. The Morgan fingerprint density at radius 2 is 1.88 bits per heavy atom. The lowest BCUT2D eigenvalue weighted by atomic mass is 10.1. The van der Waals surface area contributed by atoms with E-state index in [9.17, 15) is 0 Å². The molecule has 0 saturated carbocycles. The summed E-state index contributed by atoms with van der Waals surface area (Å²) in [6, 6.07) is 16.9. The first-order valence-electron chi connectivity index (χ1n) is 9.33. The van der Waals surface area contributed by atoms with Crippen LogP contribution < -0.4 is 10.5 Å². The number of nitrogens with two attached hydrogens (primary N) is 1. The van der Waals surface area contributed by atoms with Gasteiger partial charge in [0.25, 0.3) is 0 Å². The molecule has 0 fully saturated rings. The minimum atomic E-state index is 0.731. The number of H-pyrrole nitrogens is 1. The number of aryl methyl sites for hydroxylation is 1. The van der Waals surface area contributed by atoms with Gasteiger partial charge in [-0.05, 0) is 62.2 Å². The third-order valence-electron chi connectivity index (χ3n) is 4.93. The monoisotopic (exact) mass is 351 g/mol. The Morgan fingerprint density at radius 1 is 1.08 bits per heavy atom. The van der Waals surface area contributed by atoms with E-state index in [0.717, 1.165) is 44.8 Å². The molecule has 4 nitrogen and oxygen atoms in total. The smallest absolute Gasteiger partial charge is 0.119 e. The molecule has 26 heavy (non-hydrogen) atoms. The van der Waals surface area contributed by atoms with Gasteiger partial charge in [-0.1, -0.05) is 30.3 Å². The highest BCUT2D eigenvalue weighted by Gasteiger charge is 2.12. The molecule has 1 heterocycles. The van der Waals surface area contributed by atoms with Crippen molar-refractivity contribution in [1.29, 1.82) is 0 Å². The van der Waals surface area contributed by atoms with Crippen LogP contribution in [-0.2, 0) is 13.0 Å². The van der Waals surface area contributed by atoms with Crippen LogP contribution in [0.25, 0.3) is 10.9 Å². The van der Waals surface area contributed by atoms with Gasteiger partial charge in [0.15, 0.2) is 0 Å². The fraction of sp³-hybridized carbons (Fsp3) is 0.364. The molecular weight excluding hydrogens is 322 g/mol. The van der Waals surface area contributed by atoms with Crippen LogP contribution in [0.3, 0.4) is 0 Å². The first-order chi connectivity index (χ1) is 12.7. The summed E-state index contributed by atoms with van der Waals surface area (Å²) in [5.41, 5.74) is 10.9. The average molecular weight is 351 g/mol. The van der Waals surface area contributed by atoms with Gasteiger partial charge in [0.2, 0.25) is 0 Å².